The molecule has 6 heteroatoms. The van der Waals surface area contributed by atoms with E-state index in [4.69, 9.17) is 0 Å². The van der Waals surface area contributed by atoms with Gasteiger partial charge in [0.1, 0.15) is 6.67 Å². The molecule has 4 rings (SSSR count). The highest BCUT2D eigenvalue weighted by Gasteiger charge is 2.37. The van der Waals surface area contributed by atoms with Crippen LogP contribution >= 0.6 is 15.9 Å². The van der Waals surface area contributed by atoms with Gasteiger partial charge in [-0.3, -0.25) is 24.2 Å². The van der Waals surface area contributed by atoms with Crippen molar-refractivity contribution < 1.29 is 14.4 Å². The molecule has 30 heavy (non-hydrogen) atoms. The van der Waals surface area contributed by atoms with E-state index in [9.17, 15) is 14.4 Å². The monoisotopic (exact) mass is 462 g/mol. The minimum atomic E-state index is -0.395. The Labute approximate surface area is 183 Å². The molecule has 0 saturated heterocycles. The molecule has 0 aromatic heterocycles. The third-order valence-corrected chi connectivity index (χ3v) is 5.83. The summed E-state index contributed by atoms with van der Waals surface area (Å²) < 4.78 is 0.858. The first kappa shape index (κ1) is 20.0. The predicted octanol–water partition coefficient (Wildman–Crippen LogP) is 4.97. The number of fused-ring (bicyclic) bond motifs is 1. The van der Waals surface area contributed by atoms with E-state index < -0.39 is 11.8 Å². The number of imide groups is 1. The molecule has 1 aliphatic rings. The Morgan fingerprint density at radius 1 is 0.867 bits per heavy atom. The van der Waals surface area contributed by atoms with Crippen LogP contribution in [0.15, 0.2) is 71.2 Å². The van der Waals surface area contributed by atoms with Gasteiger partial charge in [-0.1, -0.05) is 34.1 Å². The Morgan fingerprint density at radius 2 is 1.47 bits per heavy atom. The van der Waals surface area contributed by atoms with Gasteiger partial charge in [0.2, 0.25) is 0 Å². The summed E-state index contributed by atoms with van der Waals surface area (Å²) in [7, 11) is 0. The van der Waals surface area contributed by atoms with Crippen molar-refractivity contribution in [3.8, 4) is 0 Å². The van der Waals surface area contributed by atoms with Gasteiger partial charge < -0.3 is 0 Å². The lowest BCUT2D eigenvalue weighted by Gasteiger charge is -2.27. The van der Waals surface area contributed by atoms with Gasteiger partial charge in [0.15, 0.2) is 0 Å². The van der Waals surface area contributed by atoms with Crippen LogP contribution in [0.25, 0.3) is 0 Å². The molecule has 5 nitrogen and oxygen atoms in total. The molecular formula is C24H19BrN2O3. The highest BCUT2D eigenvalue weighted by molar-refractivity contribution is 9.10. The Balaban J connectivity index is 1.73. The van der Waals surface area contributed by atoms with Crippen LogP contribution in [-0.4, -0.2) is 29.3 Å². The smallest absolute Gasteiger partial charge is 0.263 e. The van der Waals surface area contributed by atoms with Crippen molar-refractivity contribution in [1.82, 2.24) is 4.90 Å². The van der Waals surface area contributed by atoms with Crippen molar-refractivity contribution in [3.63, 3.8) is 0 Å². The number of hydrogen-bond donors (Lipinski definition) is 0. The van der Waals surface area contributed by atoms with Gasteiger partial charge in [0.25, 0.3) is 17.7 Å². The van der Waals surface area contributed by atoms with Gasteiger partial charge in [-0.2, -0.15) is 0 Å². The van der Waals surface area contributed by atoms with E-state index in [0.717, 1.165) is 20.5 Å². The summed E-state index contributed by atoms with van der Waals surface area (Å²) in [6, 6.07) is 19.4. The van der Waals surface area contributed by atoms with E-state index in [0.29, 0.717) is 22.4 Å². The third kappa shape index (κ3) is 3.55. The number of nitrogens with zero attached hydrogens (tertiary/aromatic N) is 2. The Hall–Kier alpha value is -3.25. The Bertz CT molecular complexity index is 1140. The molecule has 0 fully saturated rings. The topological polar surface area (TPSA) is 57.7 Å². The average Bonchev–Trinajstić information content (AvgIpc) is 2.99. The summed E-state index contributed by atoms with van der Waals surface area (Å²) in [5.74, 6) is -1.08. The zero-order valence-corrected chi connectivity index (χ0v) is 18.1. The normalized spacial score (nSPS) is 12.8. The lowest BCUT2D eigenvalue weighted by atomic mass is 10.1. The van der Waals surface area contributed by atoms with Crippen LogP contribution in [0.1, 0.15) is 42.2 Å². The van der Waals surface area contributed by atoms with Gasteiger partial charge in [0.05, 0.1) is 11.1 Å². The van der Waals surface area contributed by atoms with Gasteiger partial charge in [-0.15, -0.1) is 0 Å². The molecule has 0 unspecified atom stereocenters. The first-order chi connectivity index (χ1) is 14.4. The summed E-state index contributed by atoms with van der Waals surface area (Å²) in [4.78, 5) is 41.7. The molecule has 0 radical (unpaired) electrons. The third-order valence-electron chi connectivity index (χ3n) is 5.30. The molecule has 0 aliphatic carbocycles. The molecule has 0 N–H and O–H groups in total. The van der Waals surface area contributed by atoms with E-state index in [1.54, 1.807) is 48.5 Å². The Morgan fingerprint density at radius 3 is 2.03 bits per heavy atom. The van der Waals surface area contributed by atoms with E-state index in [2.05, 4.69) is 15.9 Å². The van der Waals surface area contributed by atoms with Crippen LogP contribution in [0.3, 0.4) is 0 Å². The van der Waals surface area contributed by atoms with Crippen LogP contribution in [0.2, 0.25) is 0 Å². The zero-order valence-electron chi connectivity index (χ0n) is 16.6. The summed E-state index contributed by atoms with van der Waals surface area (Å²) in [6.07, 6.45) is 0. The molecule has 1 heterocycles. The molecule has 3 aromatic carbocycles. The number of carbonyl (C=O) groups excluding carboxylic acids is 3. The van der Waals surface area contributed by atoms with Crippen molar-refractivity contribution in [2.45, 2.75) is 13.8 Å². The van der Waals surface area contributed by atoms with Crippen LogP contribution in [0, 0.1) is 13.8 Å². The van der Waals surface area contributed by atoms with Crippen molar-refractivity contribution in [3.05, 3.63) is 99.0 Å². The van der Waals surface area contributed by atoms with Crippen molar-refractivity contribution in [2.75, 3.05) is 11.6 Å². The fourth-order valence-corrected chi connectivity index (χ4v) is 3.68. The number of anilines is 1. The van der Waals surface area contributed by atoms with E-state index in [1.165, 1.54) is 4.90 Å². The van der Waals surface area contributed by atoms with Crippen LogP contribution in [0.4, 0.5) is 5.69 Å². The lowest BCUT2D eigenvalue weighted by Crippen LogP contribution is -2.44. The second kappa shape index (κ2) is 7.88. The Kier molecular flexibility index (Phi) is 5.26. The zero-order chi connectivity index (χ0) is 21.4. The van der Waals surface area contributed by atoms with E-state index in [-0.39, 0.29) is 12.6 Å². The average molecular weight is 463 g/mol. The second-order valence-electron chi connectivity index (χ2n) is 7.23. The molecule has 150 valence electrons. The van der Waals surface area contributed by atoms with E-state index >= 15 is 0 Å². The summed E-state index contributed by atoms with van der Waals surface area (Å²) in [6.45, 7) is 3.79. The SMILES string of the molecule is Cc1ccc(N(CN2C(=O)c3ccccc3C2=O)C(=O)c2ccc(Br)cc2)cc1C. The minimum absolute atomic E-state index is 0.163. The standard InChI is InChI=1S/C24H19BrN2O3/c1-15-7-12-19(13-16(15)2)26(22(28)17-8-10-18(25)11-9-17)14-27-23(29)20-5-3-4-6-21(20)24(27)30/h3-13H,14H2,1-2H3. The fraction of sp³-hybridized carbons (Fsp3) is 0.125. The van der Waals surface area contributed by atoms with E-state index in [1.807, 2.05) is 32.0 Å². The maximum absolute atomic E-state index is 13.4. The predicted molar refractivity (Wildman–Crippen MR) is 119 cm³/mol. The highest BCUT2D eigenvalue weighted by Crippen LogP contribution is 2.27. The number of rotatable bonds is 4. The van der Waals surface area contributed by atoms with Crippen LogP contribution < -0.4 is 4.90 Å². The molecule has 0 spiro atoms. The molecule has 1 aliphatic heterocycles. The number of aryl methyl sites for hydroxylation is 2. The van der Waals surface area contributed by atoms with Gasteiger partial charge in [0, 0.05) is 15.7 Å². The molecule has 3 aromatic rings. The number of hydrogen-bond acceptors (Lipinski definition) is 3. The number of carbonyl (C=O) groups is 3. The maximum atomic E-state index is 13.4. The second-order valence-corrected chi connectivity index (χ2v) is 8.15. The number of amides is 3. The number of benzene rings is 3. The van der Waals surface area contributed by atoms with Crippen molar-refractivity contribution in [1.29, 1.82) is 0 Å². The molecule has 0 saturated carbocycles. The molecule has 0 atom stereocenters. The highest BCUT2D eigenvalue weighted by atomic mass is 79.9. The summed E-state index contributed by atoms with van der Waals surface area (Å²) in [5.41, 5.74) is 3.92. The van der Waals surface area contributed by atoms with Gasteiger partial charge in [-0.25, -0.2) is 0 Å². The lowest BCUT2D eigenvalue weighted by molar-refractivity contribution is 0.0650. The first-order valence-electron chi connectivity index (χ1n) is 9.46. The largest absolute Gasteiger partial charge is 0.290 e. The van der Waals surface area contributed by atoms with Gasteiger partial charge >= 0.3 is 0 Å². The summed E-state index contributed by atoms with van der Waals surface area (Å²) in [5, 5.41) is 0. The molecular weight excluding hydrogens is 444 g/mol. The number of halogens is 1. The van der Waals surface area contributed by atoms with Crippen molar-refractivity contribution >= 4 is 39.3 Å². The van der Waals surface area contributed by atoms with Crippen LogP contribution in [-0.2, 0) is 0 Å². The molecule has 0 bridgehead atoms. The fourth-order valence-electron chi connectivity index (χ4n) is 3.41. The first-order valence-corrected chi connectivity index (χ1v) is 10.3. The molecule has 3 amide bonds. The van der Waals surface area contributed by atoms with Crippen LogP contribution in [0.5, 0.6) is 0 Å². The van der Waals surface area contributed by atoms with Gasteiger partial charge in [-0.05, 0) is 73.5 Å². The maximum Gasteiger partial charge on any atom is 0.263 e. The minimum Gasteiger partial charge on any atom is -0.290 e. The summed E-state index contributed by atoms with van der Waals surface area (Å²) >= 11 is 3.37. The van der Waals surface area contributed by atoms with Crippen molar-refractivity contribution in [2.24, 2.45) is 0 Å². The quantitative estimate of drug-likeness (QED) is 0.514.